The predicted octanol–water partition coefficient (Wildman–Crippen LogP) is 2.50. The molecule has 1 heterocycles. The number of carbonyl (C=O) groups excluding carboxylic acids is 1. The minimum Gasteiger partial charge on any atom is -0.458 e. The largest absolute Gasteiger partial charge is 0.458 e. The molecule has 3 nitrogen and oxygen atoms in total. The second kappa shape index (κ2) is 4.02. The van der Waals surface area contributed by atoms with Crippen molar-refractivity contribution in [2.75, 3.05) is 5.32 Å². The van der Waals surface area contributed by atoms with Gasteiger partial charge in [-0.25, -0.2) is 9.18 Å². The van der Waals surface area contributed by atoms with Crippen molar-refractivity contribution in [3.8, 4) is 0 Å². The van der Waals surface area contributed by atoms with E-state index in [1.165, 1.54) is 12.1 Å². The second-order valence-electron chi connectivity index (χ2n) is 5.24. The number of hydrogen-bond donors (Lipinski definition) is 1. The van der Waals surface area contributed by atoms with E-state index in [4.69, 9.17) is 4.74 Å². The van der Waals surface area contributed by atoms with Crippen molar-refractivity contribution < 1.29 is 13.9 Å². The zero-order chi connectivity index (χ0) is 12.6. The quantitative estimate of drug-likeness (QED) is 0.763. The van der Waals surface area contributed by atoms with Crippen LogP contribution in [0.5, 0.6) is 0 Å². The van der Waals surface area contributed by atoms with Crippen molar-refractivity contribution >= 4 is 11.7 Å². The molecule has 0 spiro atoms. The molecule has 17 heavy (non-hydrogen) atoms. The summed E-state index contributed by atoms with van der Waals surface area (Å²) >= 11 is 0. The van der Waals surface area contributed by atoms with Crippen molar-refractivity contribution in [3.63, 3.8) is 0 Å². The number of ether oxygens (including phenoxy) is 1. The van der Waals surface area contributed by atoms with Gasteiger partial charge in [-0.15, -0.1) is 0 Å². The maximum atomic E-state index is 13.0. The van der Waals surface area contributed by atoms with E-state index in [1.807, 2.05) is 20.8 Å². The first kappa shape index (κ1) is 11.9. The molecule has 1 atom stereocenters. The van der Waals surface area contributed by atoms with E-state index in [0.717, 1.165) is 5.56 Å². The average Bonchev–Trinajstić information content (AvgIpc) is 2.57. The SMILES string of the molecule is CC(C)(C)OC(=O)[C@H]1Cc2ccc(F)cc2N1. The van der Waals surface area contributed by atoms with E-state index in [0.29, 0.717) is 12.1 Å². The van der Waals surface area contributed by atoms with Crippen LogP contribution in [0.2, 0.25) is 0 Å². The van der Waals surface area contributed by atoms with Gasteiger partial charge in [-0.2, -0.15) is 0 Å². The molecule has 0 amide bonds. The number of halogens is 1. The predicted molar refractivity (Wildman–Crippen MR) is 63.4 cm³/mol. The van der Waals surface area contributed by atoms with Crippen LogP contribution in [0.4, 0.5) is 10.1 Å². The van der Waals surface area contributed by atoms with Gasteiger partial charge < -0.3 is 10.1 Å². The summed E-state index contributed by atoms with van der Waals surface area (Å²) in [7, 11) is 0. The van der Waals surface area contributed by atoms with Crippen LogP contribution in [0.15, 0.2) is 18.2 Å². The van der Waals surface area contributed by atoms with E-state index in [9.17, 15) is 9.18 Å². The summed E-state index contributed by atoms with van der Waals surface area (Å²) in [5.74, 6) is -0.602. The number of benzene rings is 1. The lowest BCUT2D eigenvalue weighted by Crippen LogP contribution is -2.35. The minimum atomic E-state index is -0.501. The topological polar surface area (TPSA) is 38.3 Å². The molecule has 0 unspecified atom stereocenters. The molecule has 1 aliphatic heterocycles. The Balaban J connectivity index is 2.07. The summed E-state index contributed by atoms with van der Waals surface area (Å²) in [6, 6.07) is 4.09. The molecule has 1 aromatic carbocycles. The molecule has 0 fully saturated rings. The first-order chi connectivity index (χ1) is 7.85. The molecule has 0 radical (unpaired) electrons. The van der Waals surface area contributed by atoms with Gasteiger partial charge in [0, 0.05) is 12.1 Å². The highest BCUT2D eigenvalue weighted by Gasteiger charge is 2.30. The highest BCUT2D eigenvalue weighted by atomic mass is 19.1. The van der Waals surface area contributed by atoms with Gasteiger partial charge >= 0.3 is 5.97 Å². The third kappa shape index (κ3) is 2.75. The molecule has 4 heteroatoms. The van der Waals surface area contributed by atoms with Crippen LogP contribution in [0.3, 0.4) is 0 Å². The Morgan fingerprint density at radius 3 is 2.82 bits per heavy atom. The maximum Gasteiger partial charge on any atom is 0.329 e. The number of hydrogen-bond acceptors (Lipinski definition) is 3. The molecule has 0 aliphatic carbocycles. The van der Waals surface area contributed by atoms with Crippen LogP contribution in [0, 0.1) is 5.82 Å². The van der Waals surface area contributed by atoms with Gasteiger partial charge in [-0.1, -0.05) is 6.07 Å². The lowest BCUT2D eigenvalue weighted by Gasteiger charge is -2.22. The number of nitrogens with one attached hydrogen (secondary N) is 1. The van der Waals surface area contributed by atoms with Gasteiger partial charge in [0.1, 0.15) is 17.5 Å². The smallest absolute Gasteiger partial charge is 0.329 e. The summed E-state index contributed by atoms with van der Waals surface area (Å²) in [5, 5.41) is 2.98. The average molecular weight is 237 g/mol. The second-order valence-corrected chi connectivity index (χ2v) is 5.24. The summed E-state index contributed by atoms with van der Waals surface area (Å²) < 4.78 is 18.3. The summed E-state index contributed by atoms with van der Waals surface area (Å²) in [6.07, 6.45) is 0.546. The fourth-order valence-corrected chi connectivity index (χ4v) is 1.83. The van der Waals surface area contributed by atoms with E-state index in [1.54, 1.807) is 6.07 Å². The third-order valence-electron chi connectivity index (χ3n) is 2.52. The Morgan fingerprint density at radius 2 is 2.18 bits per heavy atom. The van der Waals surface area contributed by atoms with Crippen LogP contribution in [0.1, 0.15) is 26.3 Å². The van der Waals surface area contributed by atoms with Gasteiger partial charge in [0.15, 0.2) is 0 Å². The van der Waals surface area contributed by atoms with Crippen LogP contribution in [0.25, 0.3) is 0 Å². The van der Waals surface area contributed by atoms with Crippen molar-refractivity contribution in [2.24, 2.45) is 0 Å². The molecule has 1 aliphatic rings. The third-order valence-corrected chi connectivity index (χ3v) is 2.52. The van der Waals surface area contributed by atoms with Crippen molar-refractivity contribution in [1.29, 1.82) is 0 Å². The van der Waals surface area contributed by atoms with Gasteiger partial charge in [0.05, 0.1) is 0 Å². The number of esters is 1. The standard InChI is InChI=1S/C13H16FNO2/c1-13(2,3)17-12(16)11-6-8-4-5-9(14)7-10(8)15-11/h4-5,7,11,15H,6H2,1-3H3/t11-/m1/s1. The van der Waals surface area contributed by atoms with Crippen LogP contribution in [-0.2, 0) is 16.0 Å². The number of anilines is 1. The Kier molecular flexibility index (Phi) is 2.81. The Morgan fingerprint density at radius 1 is 1.47 bits per heavy atom. The Labute approximate surface area is 100.0 Å². The van der Waals surface area contributed by atoms with Crippen LogP contribution >= 0.6 is 0 Å². The van der Waals surface area contributed by atoms with E-state index in [-0.39, 0.29) is 11.8 Å². The zero-order valence-corrected chi connectivity index (χ0v) is 10.2. The first-order valence-corrected chi connectivity index (χ1v) is 5.63. The Bertz CT molecular complexity index is 451. The van der Waals surface area contributed by atoms with E-state index < -0.39 is 11.6 Å². The number of rotatable bonds is 1. The van der Waals surface area contributed by atoms with E-state index >= 15 is 0 Å². The highest BCUT2D eigenvalue weighted by molar-refractivity contribution is 5.83. The maximum absolute atomic E-state index is 13.0. The van der Waals surface area contributed by atoms with Gasteiger partial charge in [-0.3, -0.25) is 0 Å². The van der Waals surface area contributed by atoms with E-state index in [2.05, 4.69) is 5.32 Å². The number of fused-ring (bicyclic) bond motifs is 1. The lowest BCUT2D eigenvalue weighted by molar-refractivity contribution is -0.155. The summed E-state index contributed by atoms with van der Waals surface area (Å²) in [4.78, 5) is 11.8. The van der Waals surface area contributed by atoms with Crippen molar-refractivity contribution in [1.82, 2.24) is 0 Å². The fourth-order valence-electron chi connectivity index (χ4n) is 1.83. The van der Waals surface area contributed by atoms with Crippen molar-refractivity contribution in [3.05, 3.63) is 29.6 Å². The monoisotopic (exact) mass is 237 g/mol. The molecular formula is C13H16FNO2. The molecule has 1 N–H and O–H groups in total. The summed E-state index contributed by atoms with van der Waals surface area (Å²) in [5.41, 5.74) is 1.13. The molecule has 0 bridgehead atoms. The van der Waals surface area contributed by atoms with Crippen LogP contribution < -0.4 is 5.32 Å². The normalized spacial score (nSPS) is 18.5. The molecule has 2 rings (SSSR count). The first-order valence-electron chi connectivity index (χ1n) is 5.63. The molecule has 1 aromatic rings. The lowest BCUT2D eigenvalue weighted by atomic mass is 10.1. The Hall–Kier alpha value is -1.58. The van der Waals surface area contributed by atoms with Gasteiger partial charge in [0.25, 0.3) is 0 Å². The van der Waals surface area contributed by atoms with Crippen LogP contribution in [-0.4, -0.2) is 17.6 Å². The summed E-state index contributed by atoms with van der Waals surface area (Å²) in [6.45, 7) is 5.48. The molecule has 92 valence electrons. The molecule has 0 saturated carbocycles. The highest BCUT2D eigenvalue weighted by Crippen LogP contribution is 2.27. The number of carbonyl (C=O) groups is 1. The van der Waals surface area contributed by atoms with Gasteiger partial charge in [0.2, 0.25) is 0 Å². The fraction of sp³-hybridized carbons (Fsp3) is 0.462. The molecular weight excluding hydrogens is 221 g/mol. The van der Waals surface area contributed by atoms with Gasteiger partial charge in [-0.05, 0) is 38.5 Å². The zero-order valence-electron chi connectivity index (χ0n) is 10.2. The minimum absolute atomic E-state index is 0.297. The van der Waals surface area contributed by atoms with Crippen molar-refractivity contribution in [2.45, 2.75) is 38.8 Å². The molecule has 0 aromatic heterocycles. The molecule has 0 saturated heterocycles.